The summed E-state index contributed by atoms with van der Waals surface area (Å²) in [6.07, 6.45) is 0. The number of ether oxygens (including phenoxy) is 3. The highest BCUT2D eigenvalue weighted by Gasteiger charge is 2.26. The summed E-state index contributed by atoms with van der Waals surface area (Å²) in [6, 6.07) is 6.61. The molecule has 0 aliphatic carbocycles. The molecular weight excluding hydrogens is 439 g/mol. The van der Waals surface area contributed by atoms with E-state index in [9.17, 15) is 19.7 Å². The number of nitro benzene ring substituents is 1. The first-order valence-electron chi connectivity index (χ1n) is 8.49. The lowest BCUT2D eigenvalue weighted by molar-refractivity contribution is -0.385. The molecule has 0 aromatic heterocycles. The van der Waals surface area contributed by atoms with Crippen LogP contribution in [0.1, 0.15) is 28.9 Å². The van der Waals surface area contributed by atoms with Crippen LogP contribution in [0.2, 0.25) is 10.0 Å². The molecule has 2 rings (SSSR count). The molecule has 2 aromatic carbocycles. The molecule has 0 bridgehead atoms. The molecule has 1 unspecified atom stereocenters. The molecule has 160 valence electrons. The van der Waals surface area contributed by atoms with Gasteiger partial charge in [0.15, 0.2) is 18.1 Å². The number of rotatable bonds is 8. The van der Waals surface area contributed by atoms with Crippen molar-refractivity contribution in [1.82, 2.24) is 5.32 Å². The molecule has 0 aliphatic heterocycles. The number of benzene rings is 2. The second-order valence-corrected chi connectivity index (χ2v) is 6.83. The van der Waals surface area contributed by atoms with Crippen LogP contribution in [0.15, 0.2) is 30.3 Å². The summed E-state index contributed by atoms with van der Waals surface area (Å²) in [6.45, 7) is 1.06. The van der Waals surface area contributed by atoms with E-state index in [0.29, 0.717) is 15.6 Å². The van der Waals surface area contributed by atoms with Crippen molar-refractivity contribution in [2.75, 3.05) is 20.8 Å². The minimum atomic E-state index is -1.06. The number of esters is 1. The van der Waals surface area contributed by atoms with Gasteiger partial charge < -0.3 is 19.5 Å². The van der Waals surface area contributed by atoms with Crippen molar-refractivity contribution in [3.8, 4) is 11.5 Å². The highest BCUT2D eigenvalue weighted by Crippen LogP contribution is 2.34. The monoisotopic (exact) mass is 456 g/mol. The SMILES string of the molecule is COc1cc(C(=O)OCC(=O)NC(C)c2ccc(Cl)c(Cl)c2)c([N+](=O)[O-])cc1OC. The number of methoxy groups -OCH3 is 2. The van der Waals surface area contributed by atoms with E-state index >= 15 is 0 Å². The molecule has 9 nitrogen and oxygen atoms in total. The maximum atomic E-state index is 12.3. The Bertz CT molecular complexity index is 982. The van der Waals surface area contributed by atoms with Gasteiger partial charge in [0.2, 0.25) is 0 Å². The fraction of sp³-hybridized carbons (Fsp3) is 0.263. The average Bonchev–Trinajstić information content (AvgIpc) is 2.72. The third-order valence-corrected chi connectivity index (χ3v) is 4.81. The van der Waals surface area contributed by atoms with Crippen LogP contribution in [0.5, 0.6) is 11.5 Å². The molecule has 0 heterocycles. The standard InChI is InChI=1S/C19H18Cl2N2O7/c1-10(11-4-5-13(20)14(21)6-11)22-18(24)9-30-19(25)12-7-16(28-2)17(29-3)8-15(12)23(26)27/h4-8,10H,9H2,1-3H3,(H,22,24). The van der Waals surface area contributed by atoms with Gasteiger partial charge in [-0.3, -0.25) is 14.9 Å². The average molecular weight is 457 g/mol. The zero-order valence-corrected chi connectivity index (χ0v) is 17.7. The number of carbonyl (C=O) groups is 2. The Hall–Kier alpha value is -3.04. The van der Waals surface area contributed by atoms with Crippen molar-refractivity contribution in [3.63, 3.8) is 0 Å². The smallest absolute Gasteiger partial charge is 0.345 e. The van der Waals surface area contributed by atoms with E-state index in [0.717, 1.165) is 12.1 Å². The molecule has 30 heavy (non-hydrogen) atoms. The number of nitrogens with one attached hydrogen (secondary N) is 1. The largest absolute Gasteiger partial charge is 0.493 e. The maximum Gasteiger partial charge on any atom is 0.345 e. The van der Waals surface area contributed by atoms with Crippen molar-refractivity contribution in [3.05, 3.63) is 61.6 Å². The van der Waals surface area contributed by atoms with E-state index in [2.05, 4.69) is 5.32 Å². The summed E-state index contributed by atoms with van der Waals surface area (Å²) in [4.78, 5) is 35.0. The zero-order valence-electron chi connectivity index (χ0n) is 16.2. The second kappa shape index (κ2) is 10.1. The molecule has 0 aliphatic rings. The van der Waals surface area contributed by atoms with E-state index in [-0.39, 0.29) is 17.1 Å². The Balaban J connectivity index is 2.08. The fourth-order valence-corrected chi connectivity index (χ4v) is 2.85. The van der Waals surface area contributed by atoms with Crippen LogP contribution in [-0.4, -0.2) is 37.6 Å². The number of hydrogen-bond acceptors (Lipinski definition) is 7. The third-order valence-electron chi connectivity index (χ3n) is 4.07. The Kier molecular flexibility index (Phi) is 7.85. The topological polar surface area (TPSA) is 117 Å². The molecule has 0 radical (unpaired) electrons. The van der Waals surface area contributed by atoms with Crippen LogP contribution in [-0.2, 0) is 9.53 Å². The van der Waals surface area contributed by atoms with Crippen LogP contribution in [0.3, 0.4) is 0 Å². The normalized spacial score (nSPS) is 11.4. The first-order chi connectivity index (χ1) is 14.2. The molecule has 1 atom stereocenters. The molecule has 1 N–H and O–H groups in total. The van der Waals surface area contributed by atoms with Crippen LogP contribution in [0.25, 0.3) is 0 Å². The first kappa shape index (κ1) is 23.2. The van der Waals surface area contributed by atoms with Crippen molar-refractivity contribution in [2.24, 2.45) is 0 Å². The summed E-state index contributed by atoms with van der Waals surface area (Å²) in [7, 11) is 2.62. The number of nitro groups is 1. The number of halogens is 2. The van der Waals surface area contributed by atoms with Gasteiger partial charge in [0, 0.05) is 6.07 Å². The van der Waals surface area contributed by atoms with Gasteiger partial charge >= 0.3 is 5.97 Å². The third kappa shape index (κ3) is 5.52. The predicted molar refractivity (Wildman–Crippen MR) is 110 cm³/mol. The Morgan fingerprint density at radius 2 is 1.73 bits per heavy atom. The van der Waals surface area contributed by atoms with Gasteiger partial charge in [0.25, 0.3) is 11.6 Å². The van der Waals surface area contributed by atoms with Crippen LogP contribution >= 0.6 is 23.2 Å². The highest BCUT2D eigenvalue weighted by molar-refractivity contribution is 6.42. The molecule has 1 amide bonds. The van der Waals surface area contributed by atoms with Gasteiger partial charge in [-0.15, -0.1) is 0 Å². The molecule has 0 fully saturated rings. The maximum absolute atomic E-state index is 12.3. The summed E-state index contributed by atoms with van der Waals surface area (Å²) >= 11 is 11.8. The summed E-state index contributed by atoms with van der Waals surface area (Å²) in [5.74, 6) is -1.48. The van der Waals surface area contributed by atoms with Gasteiger partial charge in [0.1, 0.15) is 5.56 Å². The van der Waals surface area contributed by atoms with Gasteiger partial charge in [-0.05, 0) is 24.6 Å². The van der Waals surface area contributed by atoms with Crippen molar-refractivity contribution in [2.45, 2.75) is 13.0 Å². The Labute approximate surface area is 182 Å². The minimum Gasteiger partial charge on any atom is -0.493 e. The lowest BCUT2D eigenvalue weighted by Gasteiger charge is -2.15. The lowest BCUT2D eigenvalue weighted by Crippen LogP contribution is -2.31. The summed E-state index contributed by atoms with van der Waals surface area (Å²) < 4.78 is 15.0. The van der Waals surface area contributed by atoms with E-state index in [1.54, 1.807) is 25.1 Å². The van der Waals surface area contributed by atoms with Gasteiger partial charge in [-0.1, -0.05) is 29.3 Å². The van der Waals surface area contributed by atoms with Crippen LogP contribution in [0.4, 0.5) is 5.69 Å². The molecule has 11 heteroatoms. The Morgan fingerprint density at radius 3 is 2.30 bits per heavy atom. The van der Waals surface area contributed by atoms with Crippen LogP contribution < -0.4 is 14.8 Å². The van der Waals surface area contributed by atoms with E-state index in [1.165, 1.54) is 14.2 Å². The van der Waals surface area contributed by atoms with E-state index in [4.69, 9.17) is 37.4 Å². The van der Waals surface area contributed by atoms with E-state index in [1.807, 2.05) is 0 Å². The quantitative estimate of drug-likeness (QED) is 0.362. The molecule has 0 spiro atoms. The van der Waals surface area contributed by atoms with Gasteiger partial charge in [-0.25, -0.2) is 4.79 Å². The predicted octanol–water partition coefficient (Wildman–Crippen LogP) is 3.95. The minimum absolute atomic E-state index is 0.0777. The number of nitrogens with zero attached hydrogens (tertiary/aromatic N) is 1. The zero-order chi connectivity index (χ0) is 22.4. The van der Waals surface area contributed by atoms with Crippen molar-refractivity contribution in [1.29, 1.82) is 0 Å². The second-order valence-electron chi connectivity index (χ2n) is 6.02. The molecular formula is C19H18Cl2N2O7. The summed E-state index contributed by atoms with van der Waals surface area (Å²) in [5.41, 5.74) is -0.218. The van der Waals surface area contributed by atoms with Gasteiger partial charge in [0.05, 0.1) is 41.3 Å². The van der Waals surface area contributed by atoms with E-state index < -0.39 is 35.1 Å². The lowest BCUT2D eigenvalue weighted by atomic mass is 10.1. The van der Waals surface area contributed by atoms with Crippen molar-refractivity contribution < 1.29 is 28.7 Å². The van der Waals surface area contributed by atoms with Gasteiger partial charge in [-0.2, -0.15) is 0 Å². The number of hydrogen-bond donors (Lipinski definition) is 1. The summed E-state index contributed by atoms with van der Waals surface area (Å²) in [5, 5.41) is 14.6. The van der Waals surface area contributed by atoms with Crippen molar-refractivity contribution >= 4 is 40.8 Å². The molecule has 0 saturated carbocycles. The molecule has 0 saturated heterocycles. The fourth-order valence-electron chi connectivity index (χ4n) is 2.54. The number of amides is 1. The van der Waals surface area contributed by atoms with Crippen LogP contribution in [0, 0.1) is 10.1 Å². The highest BCUT2D eigenvalue weighted by atomic mass is 35.5. The first-order valence-corrected chi connectivity index (χ1v) is 9.25. The molecule has 2 aromatic rings. The Morgan fingerprint density at radius 1 is 1.10 bits per heavy atom. The number of carbonyl (C=O) groups excluding carboxylic acids is 2.